The zero-order valence-corrected chi connectivity index (χ0v) is 8.81. The second-order valence-electron chi connectivity index (χ2n) is 3.89. The van der Waals surface area contributed by atoms with Gasteiger partial charge in [0.25, 0.3) is 0 Å². The van der Waals surface area contributed by atoms with E-state index in [1.807, 2.05) is 17.5 Å². The maximum absolute atomic E-state index is 5.87. The molecule has 0 spiro atoms. The Morgan fingerprint density at radius 1 is 1.38 bits per heavy atom. The largest absolute Gasteiger partial charge is 0.328 e. The van der Waals surface area contributed by atoms with Gasteiger partial charge in [-0.25, -0.2) is 4.98 Å². The Hall–Kier alpha value is -0.410. The van der Waals surface area contributed by atoms with Crippen molar-refractivity contribution < 1.29 is 0 Å². The van der Waals surface area contributed by atoms with Crippen molar-refractivity contribution in [1.82, 2.24) is 4.98 Å². The number of nitrogens with zero attached hydrogens (tertiary/aromatic N) is 1. The van der Waals surface area contributed by atoms with Crippen LogP contribution in [0, 0.1) is 6.92 Å². The monoisotopic (exact) mass is 196 g/mol. The maximum Gasteiger partial charge on any atom is 0.0896 e. The number of hydrogen-bond donors (Lipinski definition) is 1. The van der Waals surface area contributed by atoms with Gasteiger partial charge in [0, 0.05) is 17.1 Å². The smallest absolute Gasteiger partial charge is 0.0896 e. The molecule has 2 nitrogen and oxygen atoms in total. The molecule has 1 aromatic rings. The lowest BCUT2D eigenvalue weighted by atomic mass is 9.86. The second-order valence-corrected chi connectivity index (χ2v) is 5.16. The number of hydrogen-bond acceptors (Lipinski definition) is 3. The van der Waals surface area contributed by atoms with Crippen LogP contribution in [0.15, 0.2) is 6.20 Å². The summed E-state index contributed by atoms with van der Waals surface area (Å²) in [5.74, 6) is 0.742. The van der Waals surface area contributed by atoms with E-state index >= 15 is 0 Å². The van der Waals surface area contributed by atoms with Crippen LogP contribution < -0.4 is 5.73 Å². The minimum Gasteiger partial charge on any atom is -0.328 e. The summed E-state index contributed by atoms with van der Waals surface area (Å²) in [6.45, 7) is 2.07. The van der Waals surface area contributed by atoms with Gasteiger partial charge in [0.2, 0.25) is 0 Å². The van der Waals surface area contributed by atoms with Crippen LogP contribution in [-0.2, 0) is 0 Å². The molecule has 72 valence electrons. The molecule has 13 heavy (non-hydrogen) atoms. The summed E-state index contributed by atoms with van der Waals surface area (Å²) >= 11 is 1.84. The molecule has 1 aliphatic rings. The van der Waals surface area contributed by atoms with E-state index < -0.39 is 0 Å². The fourth-order valence-electron chi connectivity index (χ4n) is 1.97. The molecule has 1 heterocycles. The van der Waals surface area contributed by atoms with Gasteiger partial charge in [-0.1, -0.05) is 0 Å². The Kier molecular flexibility index (Phi) is 2.65. The van der Waals surface area contributed by atoms with Crippen LogP contribution in [0.1, 0.15) is 41.5 Å². The van der Waals surface area contributed by atoms with Crippen LogP contribution in [0.2, 0.25) is 0 Å². The summed E-state index contributed by atoms with van der Waals surface area (Å²) in [5, 5.41) is 1.19. The number of rotatable bonds is 1. The third kappa shape index (κ3) is 2.09. The minimum absolute atomic E-state index is 0.449. The molecule has 1 fully saturated rings. The summed E-state index contributed by atoms with van der Waals surface area (Å²) in [7, 11) is 0. The second kappa shape index (κ2) is 3.76. The van der Waals surface area contributed by atoms with Gasteiger partial charge in [-0.05, 0) is 38.5 Å². The SMILES string of the molecule is Cc1ncc(C2CCC(N)CC2)s1. The molecule has 0 aromatic carbocycles. The van der Waals surface area contributed by atoms with Crippen molar-refractivity contribution in [2.24, 2.45) is 5.73 Å². The highest BCUT2D eigenvalue weighted by Crippen LogP contribution is 2.34. The lowest BCUT2D eigenvalue weighted by molar-refractivity contribution is 0.399. The lowest BCUT2D eigenvalue weighted by Gasteiger charge is -2.24. The van der Waals surface area contributed by atoms with Crippen LogP contribution in [0.5, 0.6) is 0 Å². The lowest BCUT2D eigenvalue weighted by Crippen LogP contribution is -2.25. The van der Waals surface area contributed by atoms with E-state index in [4.69, 9.17) is 5.73 Å². The third-order valence-electron chi connectivity index (χ3n) is 2.81. The highest BCUT2D eigenvalue weighted by atomic mass is 32.1. The molecular formula is C10H16N2S. The molecule has 0 saturated heterocycles. The van der Waals surface area contributed by atoms with Crippen molar-refractivity contribution in [2.45, 2.75) is 44.6 Å². The fourth-order valence-corrected chi connectivity index (χ4v) is 2.92. The molecular weight excluding hydrogens is 180 g/mol. The molecule has 1 saturated carbocycles. The first kappa shape index (κ1) is 9.16. The van der Waals surface area contributed by atoms with Crippen LogP contribution in [0.3, 0.4) is 0 Å². The number of nitrogens with two attached hydrogens (primary N) is 1. The molecule has 2 N–H and O–H groups in total. The van der Waals surface area contributed by atoms with Crippen molar-refractivity contribution in [2.75, 3.05) is 0 Å². The summed E-state index contributed by atoms with van der Waals surface area (Å²) in [5.41, 5.74) is 5.87. The van der Waals surface area contributed by atoms with Gasteiger partial charge in [-0.2, -0.15) is 0 Å². The van der Waals surface area contributed by atoms with Gasteiger partial charge >= 0.3 is 0 Å². The van der Waals surface area contributed by atoms with Crippen molar-refractivity contribution in [3.05, 3.63) is 16.1 Å². The summed E-state index contributed by atoms with van der Waals surface area (Å²) in [4.78, 5) is 5.76. The van der Waals surface area contributed by atoms with Gasteiger partial charge in [-0.15, -0.1) is 11.3 Å². The van der Waals surface area contributed by atoms with Crippen molar-refractivity contribution in [3.63, 3.8) is 0 Å². The van der Waals surface area contributed by atoms with Crippen molar-refractivity contribution in [3.8, 4) is 0 Å². The third-order valence-corrected chi connectivity index (χ3v) is 3.89. The molecule has 3 heteroatoms. The highest BCUT2D eigenvalue weighted by Gasteiger charge is 2.21. The number of thiazole rings is 1. The van der Waals surface area contributed by atoms with Gasteiger partial charge in [-0.3, -0.25) is 0 Å². The first-order valence-corrected chi connectivity index (χ1v) is 5.75. The molecule has 1 aliphatic carbocycles. The van der Waals surface area contributed by atoms with Crippen LogP contribution in [0.4, 0.5) is 0 Å². The van der Waals surface area contributed by atoms with E-state index in [-0.39, 0.29) is 0 Å². The summed E-state index contributed by atoms with van der Waals surface area (Å²) in [6, 6.07) is 0.449. The predicted octanol–water partition coefficient (Wildman–Crippen LogP) is 2.44. The molecule has 0 amide bonds. The van der Waals surface area contributed by atoms with E-state index in [9.17, 15) is 0 Å². The van der Waals surface area contributed by atoms with Gasteiger partial charge in [0.15, 0.2) is 0 Å². The molecule has 0 radical (unpaired) electrons. The first-order valence-electron chi connectivity index (χ1n) is 4.93. The van der Waals surface area contributed by atoms with Crippen LogP contribution in [-0.4, -0.2) is 11.0 Å². The highest BCUT2D eigenvalue weighted by molar-refractivity contribution is 7.11. The van der Waals surface area contributed by atoms with Crippen LogP contribution in [0.25, 0.3) is 0 Å². The van der Waals surface area contributed by atoms with Crippen molar-refractivity contribution >= 4 is 11.3 Å². The number of aryl methyl sites for hydroxylation is 1. The Morgan fingerprint density at radius 3 is 2.62 bits per heavy atom. The molecule has 2 rings (SSSR count). The first-order chi connectivity index (χ1) is 6.25. The Bertz CT molecular complexity index is 274. The van der Waals surface area contributed by atoms with Gasteiger partial charge in [0.05, 0.1) is 5.01 Å². The molecule has 0 aliphatic heterocycles. The molecule has 0 atom stereocenters. The van der Waals surface area contributed by atoms with Gasteiger partial charge < -0.3 is 5.73 Å². The standard InChI is InChI=1S/C10H16N2S/c1-7-12-6-10(13-7)8-2-4-9(11)5-3-8/h6,8-9H,2-5,11H2,1H3. The molecule has 0 unspecified atom stereocenters. The quantitative estimate of drug-likeness (QED) is 0.749. The average Bonchev–Trinajstić information content (AvgIpc) is 2.53. The predicted molar refractivity (Wildman–Crippen MR) is 56.0 cm³/mol. The normalized spacial score (nSPS) is 29.1. The molecule has 1 aromatic heterocycles. The Labute approximate surface area is 83.2 Å². The zero-order valence-electron chi connectivity index (χ0n) is 7.99. The van der Waals surface area contributed by atoms with E-state index in [1.54, 1.807) is 0 Å². The van der Waals surface area contributed by atoms with E-state index in [0.29, 0.717) is 6.04 Å². The summed E-state index contributed by atoms with van der Waals surface area (Å²) in [6.07, 6.45) is 6.91. The number of aromatic nitrogens is 1. The fraction of sp³-hybridized carbons (Fsp3) is 0.700. The van der Waals surface area contributed by atoms with E-state index in [0.717, 1.165) is 5.92 Å². The average molecular weight is 196 g/mol. The maximum atomic E-state index is 5.87. The van der Waals surface area contributed by atoms with Gasteiger partial charge in [0.1, 0.15) is 0 Å². The zero-order chi connectivity index (χ0) is 9.26. The minimum atomic E-state index is 0.449. The Balaban J connectivity index is 2.02. The topological polar surface area (TPSA) is 38.9 Å². The van der Waals surface area contributed by atoms with Crippen molar-refractivity contribution in [1.29, 1.82) is 0 Å². The molecule has 0 bridgehead atoms. The van der Waals surface area contributed by atoms with E-state index in [2.05, 4.69) is 11.9 Å². The van der Waals surface area contributed by atoms with E-state index in [1.165, 1.54) is 35.6 Å². The van der Waals surface area contributed by atoms with Crippen LogP contribution >= 0.6 is 11.3 Å². The summed E-state index contributed by atoms with van der Waals surface area (Å²) < 4.78 is 0. The Morgan fingerprint density at radius 2 is 2.08 bits per heavy atom.